The van der Waals surface area contributed by atoms with Crippen LogP contribution in [0.2, 0.25) is 0 Å². The van der Waals surface area contributed by atoms with E-state index >= 15 is 0 Å². The van der Waals surface area contributed by atoms with Gasteiger partial charge in [0, 0.05) is 6.54 Å². The highest BCUT2D eigenvalue weighted by molar-refractivity contribution is 6.07. The van der Waals surface area contributed by atoms with Crippen molar-refractivity contribution in [3.63, 3.8) is 0 Å². The molecule has 2 aromatic rings. The number of rotatable bonds is 8. The Balaban J connectivity index is 1.49. The number of nitrogens with zero attached hydrogens (tertiary/aromatic N) is 1. The van der Waals surface area contributed by atoms with E-state index in [4.69, 9.17) is 14.2 Å². The molecule has 1 aliphatic rings. The lowest BCUT2D eigenvalue weighted by atomic mass is 9.98. The molecule has 0 spiro atoms. The number of ether oxygens (including phenoxy) is 3. The van der Waals surface area contributed by atoms with Crippen LogP contribution in [-0.2, 0) is 14.3 Å². The molecule has 3 rings (SSSR count). The molecule has 1 aliphatic heterocycles. The van der Waals surface area contributed by atoms with Crippen LogP contribution in [-0.4, -0.2) is 44.3 Å². The fourth-order valence-electron chi connectivity index (χ4n) is 3.20. The lowest BCUT2D eigenvalue weighted by Crippen LogP contribution is -2.54. The van der Waals surface area contributed by atoms with Gasteiger partial charge in [0.15, 0.2) is 18.1 Å². The van der Waals surface area contributed by atoms with Gasteiger partial charge in [-0.3, -0.25) is 4.79 Å². The quantitative estimate of drug-likeness (QED) is 0.543. The molecule has 0 aliphatic carbocycles. The minimum Gasteiger partial charge on any atom is -0.493 e. The second-order valence-corrected chi connectivity index (χ2v) is 7.24. The molecule has 29 heavy (non-hydrogen) atoms. The predicted molar refractivity (Wildman–Crippen MR) is 111 cm³/mol. The van der Waals surface area contributed by atoms with Gasteiger partial charge in [0.05, 0.1) is 25.1 Å². The Bertz CT molecular complexity index is 881. The highest BCUT2D eigenvalue weighted by Crippen LogP contribution is 2.35. The number of nitrogens with one attached hydrogen (secondary N) is 1. The molecule has 0 aromatic heterocycles. The van der Waals surface area contributed by atoms with Gasteiger partial charge in [-0.2, -0.15) is 0 Å². The Morgan fingerprint density at radius 2 is 1.76 bits per heavy atom. The first-order valence-corrected chi connectivity index (χ1v) is 9.53. The van der Waals surface area contributed by atoms with Crippen molar-refractivity contribution < 1.29 is 23.8 Å². The molecule has 154 valence electrons. The lowest BCUT2D eigenvalue weighted by Gasteiger charge is -2.39. The zero-order valence-corrected chi connectivity index (χ0v) is 16.9. The van der Waals surface area contributed by atoms with Crippen LogP contribution in [0, 0.1) is 0 Å². The van der Waals surface area contributed by atoms with E-state index in [0.717, 1.165) is 11.4 Å². The Morgan fingerprint density at radius 1 is 1.07 bits per heavy atom. The summed E-state index contributed by atoms with van der Waals surface area (Å²) in [5.41, 5.74) is 1.06. The third kappa shape index (κ3) is 4.80. The van der Waals surface area contributed by atoms with Crippen LogP contribution in [0.5, 0.6) is 11.5 Å². The number of carbonyl (C=O) groups excluding carboxylic acids is 2. The number of methoxy groups -OCH3 is 1. The fourth-order valence-corrected chi connectivity index (χ4v) is 3.20. The molecule has 0 atom stereocenters. The van der Waals surface area contributed by atoms with Gasteiger partial charge in [-0.1, -0.05) is 24.3 Å². The maximum Gasteiger partial charge on any atom is 0.344 e. The number of esters is 1. The molecule has 0 radical (unpaired) electrons. The smallest absolute Gasteiger partial charge is 0.344 e. The molecule has 1 amide bonds. The van der Waals surface area contributed by atoms with E-state index in [0.29, 0.717) is 24.5 Å². The average molecular weight is 398 g/mol. The first-order valence-electron chi connectivity index (χ1n) is 9.53. The summed E-state index contributed by atoms with van der Waals surface area (Å²) >= 11 is 0. The molecule has 7 heteroatoms. The zero-order chi connectivity index (χ0) is 20.9. The summed E-state index contributed by atoms with van der Waals surface area (Å²) in [4.78, 5) is 26.5. The van der Waals surface area contributed by atoms with E-state index in [1.54, 1.807) is 23.1 Å². The molecule has 1 N–H and O–H groups in total. The molecule has 7 nitrogen and oxygen atoms in total. The van der Waals surface area contributed by atoms with Gasteiger partial charge in [0.1, 0.15) is 5.54 Å². The third-order valence-electron chi connectivity index (χ3n) is 4.63. The number of hydrogen-bond acceptors (Lipinski definition) is 6. The second-order valence-electron chi connectivity index (χ2n) is 7.24. The van der Waals surface area contributed by atoms with Crippen LogP contribution in [0.1, 0.15) is 20.3 Å². The topological polar surface area (TPSA) is 77.1 Å². The van der Waals surface area contributed by atoms with Gasteiger partial charge >= 0.3 is 5.97 Å². The Kier molecular flexibility index (Phi) is 6.26. The number of hydrogen-bond donors (Lipinski definition) is 1. The van der Waals surface area contributed by atoms with Crippen LogP contribution in [0.25, 0.3) is 0 Å². The second kappa shape index (κ2) is 8.86. The first-order chi connectivity index (χ1) is 13.9. The maximum absolute atomic E-state index is 12.8. The van der Waals surface area contributed by atoms with Crippen molar-refractivity contribution in [2.45, 2.75) is 25.8 Å². The van der Waals surface area contributed by atoms with Crippen LogP contribution >= 0.6 is 0 Å². The number of amides is 1. The summed E-state index contributed by atoms with van der Waals surface area (Å²) in [5.74, 6) is 0.557. The van der Waals surface area contributed by atoms with Gasteiger partial charge in [-0.15, -0.1) is 0 Å². The van der Waals surface area contributed by atoms with Gasteiger partial charge < -0.3 is 24.4 Å². The van der Waals surface area contributed by atoms with E-state index in [9.17, 15) is 9.59 Å². The van der Waals surface area contributed by atoms with Crippen molar-refractivity contribution in [3.8, 4) is 11.5 Å². The predicted octanol–water partition coefficient (Wildman–Crippen LogP) is 3.24. The minimum atomic E-state index is -0.687. The average Bonchev–Trinajstić information content (AvgIpc) is 2.72. The summed E-state index contributed by atoms with van der Waals surface area (Å²) in [6.07, 6.45) is 0.524. The maximum atomic E-state index is 12.8. The lowest BCUT2D eigenvalue weighted by molar-refractivity contribution is -0.146. The monoisotopic (exact) mass is 398 g/mol. The molecule has 0 fully saturated rings. The number of para-hydroxylation sites is 4. The molecule has 0 bridgehead atoms. The van der Waals surface area contributed by atoms with Crippen molar-refractivity contribution in [2.75, 3.05) is 37.1 Å². The molecule has 0 unspecified atom stereocenters. The van der Waals surface area contributed by atoms with E-state index in [1.807, 2.05) is 44.2 Å². The van der Waals surface area contributed by atoms with E-state index in [2.05, 4.69) is 5.32 Å². The van der Waals surface area contributed by atoms with Gasteiger partial charge in [-0.25, -0.2) is 4.79 Å². The highest BCUT2D eigenvalue weighted by atomic mass is 16.6. The van der Waals surface area contributed by atoms with Crippen LogP contribution in [0.4, 0.5) is 11.4 Å². The summed E-state index contributed by atoms with van der Waals surface area (Å²) in [6, 6.07) is 14.8. The number of carbonyl (C=O) groups is 2. The number of benzene rings is 2. The van der Waals surface area contributed by atoms with Crippen LogP contribution < -0.4 is 19.7 Å². The fraction of sp³-hybridized carbons (Fsp3) is 0.364. The zero-order valence-electron chi connectivity index (χ0n) is 16.9. The van der Waals surface area contributed by atoms with E-state index in [-0.39, 0.29) is 19.1 Å². The Labute approximate surface area is 170 Å². The summed E-state index contributed by atoms with van der Waals surface area (Å²) in [7, 11) is 1.54. The molecule has 0 saturated carbocycles. The summed E-state index contributed by atoms with van der Waals surface area (Å²) in [6.45, 7) is 4.17. The van der Waals surface area contributed by atoms with Crippen molar-refractivity contribution >= 4 is 23.3 Å². The summed E-state index contributed by atoms with van der Waals surface area (Å²) in [5, 5.41) is 3.26. The standard InChI is InChI=1S/C22H26N2O5/c1-22(2)21(26)24(17-10-5-4-9-16(17)23-22)13-8-14-28-20(25)15-29-19-12-7-6-11-18(19)27-3/h4-7,9-12,23H,8,13-15H2,1-3H3. The normalized spacial score (nSPS) is 14.6. The van der Waals surface area contributed by atoms with Gasteiger partial charge in [0.2, 0.25) is 0 Å². The molecule has 2 aromatic carbocycles. The van der Waals surface area contributed by atoms with E-state index in [1.165, 1.54) is 7.11 Å². The third-order valence-corrected chi connectivity index (χ3v) is 4.63. The number of anilines is 2. The van der Waals surface area contributed by atoms with Crippen molar-refractivity contribution in [1.29, 1.82) is 0 Å². The molecule has 0 saturated heterocycles. The van der Waals surface area contributed by atoms with Gasteiger partial charge in [-0.05, 0) is 44.5 Å². The summed E-state index contributed by atoms with van der Waals surface area (Å²) < 4.78 is 15.9. The molecule has 1 heterocycles. The minimum absolute atomic E-state index is 0.0120. The Hall–Kier alpha value is -3.22. The SMILES string of the molecule is COc1ccccc1OCC(=O)OCCCN1C(=O)C(C)(C)Nc2ccccc21. The highest BCUT2D eigenvalue weighted by Gasteiger charge is 2.38. The van der Waals surface area contributed by atoms with Gasteiger partial charge in [0.25, 0.3) is 5.91 Å². The largest absolute Gasteiger partial charge is 0.493 e. The van der Waals surface area contributed by atoms with Crippen molar-refractivity contribution in [2.24, 2.45) is 0 Å². The number of fused-ring (bicyclic) bond motifs is 1. The Morgan fingerprint density at radius 3 is 2.52 bits per heavy atom. The molecular formula is C22H26N2O5. The van der Waals surface area contributed by atoms with E-state index < -0.39 is 11.5 Å². The van der Waals surface area contributed by atoms with Crippen molar-refractivity contribution in [3.05, 3.63) is 48.5 Å². The first kappa shape index (κ1) is 20.5. The molecular weight excluding hydrogens is 372 g/mol. The van der Waals surface area contributed by atoms with Crippen LogP contribution in [0.3, 0.4) is 0 Å². The van der Waals surface area contributed by atoms with Crippen LogP contribution in [0.15, 0.2) is 48.5 Å². The van der Waals surface area contributed by atoms with Crippen molar-refractivity contribution in [1.82, 2.24) is 0 Å².